The van der Waals surface area contributed by atoms with Gasteiger partial charge in [-0.15, -0.1) is 0 Å². The third kappa shape index (κ3) is 4.04. The topological polar surface area (TPSA) is 47.6 Å². The summed E-state index contributed by atoms with van der Waals surface area (Å²) in [4.78, 5) is 11.8. The number of rotatable bonds is 6. The van der Waals surface area contributed by atoms with Crippen molar-refractivity contribution in [3.63, 3.8) is 0 Å². The average molecular weight is 251 g/mol. The van der Waals surface area contributed by atoms with Crippen molar-refractivity contribution in [1.82, 2.24) is 0 Å². The highest BCUT2D eigenvalue weighted by Gasteiger charge is 2.25. The first-order valence-electron chi connectivity index (χ1n) is 5.98. The van der Waals surface area contributed by atoms with E-state index < -0.39 is 6.04 Å². The quantitative estimate of drug-likeness (QED) is 0.788. The maximum atomic E-state index is 11.8. The molecule has 1 N–H and O–H groups in total. The molecule has 0 bridgehead atoms. The molecule has 100 valence electrons. The number of esters is 1. The molecule has 0 saturated heterocycles. The highest BCUT2D eigenvalue weighted by Crippen LogP contribution is 2.15. The Morgan fingerprint density at radius 3 is 2.39 bits per heavy atom. The predicted octanol–water partition coefficient (Wildman–Crippen LogP) is 2.23. The van der Waals surface area contributed by atoms with Gasteiger partial charge in [-0.05, 0) is 19.1 Å². The van der Waals surface area contributed by atoms with E-state index in [1.807, 2.05) is 38.1 Å². The van der Waals surface area contributed by atoms with Crippen LogP contribution in [0.25, 0.3) is 0 Å². The zero-order valence-corrected chi connectivity index (χ0v) is 11.4. The van der Waals surface area contributed by atoms with E-state index in [0.717, 1.165) is 5.69 Å². The monoisotopic (exact) mass is 251 g/mol. The van der Waals surface area contributed by atoms with Crippen molar-refractivity contribution in [2.75, 3.05) is 26.1 Å². The van der Waals surface area contributed by atoms with E-state index in [1.165, 1.54) is 12.7 Å². The van der Waals surface area contributed by atoms with E-state index in [0.29, 0.717) is 6.61 Å². The molecular weight excluding hydrogens is 230 g/mol. The number of hydrogen-bond acceptors (Lipinski definition) is 4. The fourth-order valence-corrected chi connectivity index (χ4v) is 1.75. The second-order valence-corrected chi connectivity index (χ2v) is 4.44. The Balaban J connectivity index is 2.77. The van der Waals surface area contributed by atoms with Gasteiger partial charge in [0.1, 0.15) is 6.04 Å². The van der Waals surface area contributed by atoms with E-state index in [2.05, 4.69) is 5.32 Å². The maximum Gasteiger partial charge on any atom is 0.328 e. The summed E-state index contributed by atoms with van der Waals surface area (Å²) in [5.41, 5.74) is 2.08. The van der Waals surface area contributed by atoms with E-state index >= 15 is 0 Å². The van der Waals surface area contributed by atoms with Crippen LogP contribution in [0, 0.1) is 12.8 Å². The van der Waals surface area contributed by atoms with E-state index in [4.69, 9.17) is 9.47 Å². The second-order valence-electron chi connectivity index (χ2n) is 4.44. The van der Waals surface area contributed by atoms with Crippen molar-refractivity contribution in [2.24, 2.45) is 5.92 Å². The van der Waals surface area contributed by atoms with Crippen molar-refractivity contribution >= 4 is 11.7 Å². The van der Waals surface area contributed by atoms with Crippen LogP contribution in [-0.2, 0) is 14.3 Å². The number of carbonyl (C=O) groups excluding carboxylic acids is 1. The summed E-state index contributed by atoms with van der Waals surface area (Å²) in [6.07, 6.45) is 0. The number of hydrogen-bond donors (Lipinski definition) is 1. The molecule has 4 heteroatoms. The lowest BCUT2D eigenvalue weighted by molar-refractivity contribution is -0.143. The fraction of sp³-hybridized carbons (Fsp3) is 0.500. The predicted molar refractivity (Wildman–Crippen MR) is 71.6 cm³/mol. The third-order valence-corrected chi connectivity index (χ3v) is 2.83. The van der Waals surface area contributed by atoms with E-state index in [-0.39, 0.29) is 11.9 Å². The normalized spacial score (nSPS) is 13.8. The molecule has 0 radical (unpaired) electrons. The summed E-state index contributed by atoms with van der Waals surface area (Å²) in [7, 11) is 3.02. The van der Waals surface area contributed by atoms with E-state index in [9.17, 15) is 4.79 Å². The average Bonchev–Trinajstić information content (AvgIpc) is 2.37. The van der Waals surface area contributed by atoms with Crippen molar-refractivity contribution in [1.29, 1.82) is 0 Å². The van der Waals surface area contributed by atoms with E-state index in [1.54, 1.807) is 7.11 Å². The Labute approximate surface area is 108 Å². The molecule has 1 aromatic carbocycles. The van der Waals surface area contributed by atoms with Crippen molar-refractivity contribution in [3.05, 3.63) is 29.8 Å². The number of carbonyl (C=O) groups is 1. The number of benzene rings is 1. The number of nitrogens with one attached hydrogen (secondary N) is 1. The molecule has 0 spiro atoms. The lowest BCUT2D eigenvalue weighted by Gasteiger charge is -2.23. The van der Waals surface area contributed by atoms with Gasteiger partial charge in [0.05, 0.1) is 13.7 Å². The van der Waals surface area contributed by atoms with Gasteiger partial charge in [-0.1, -0.05) is 24.6 Å². The third-order valence-electron chi connectivity index (χ3n) is 2.83. The molecule has 0 aliphatic heterocycles. The summed E-state index contributed by atoms with van der Waals surface area (Å²) in [5.74, 6) is -0.246. The van der Waals surface area contributed by atoms with Gasteiger partial charge in [0.25, 0.3) is 0 Å². The van der Waals surface area contributed by atoms with Crippen LogP contribution in [0.3, 0.4) is 0 Å². The van der Waals surface area contributed by atoms with Crippen LogP contribution in [0.5, 0.6) is 0 Å². The van der Waals surface area contributed by atoms with Gasteiger partial charge < -0.3 is 14.8 Å². The van der Waals surface area contributed by atoms with Crippen LogP contribution in [0.15, 0.2) is 24.3 Å². The molecule has 2 unspecified atom stereocenters. The fourth-order valence-electron chi connectivity index (χ4n) is 1.75. The first kappa shape index (κ1) is 14.5. The molecule has 0 aliphatic rings. The largest absolute Gasteiger partial charge is 0.467 e. The van der Waals surface area contributed by atoms with Crippen LogP contribution >= 0.6 is 0 Å². The van der Waals surface area contributed by atoms with Gasteiger partial charge in [0, 0.05) is 18.7 Å². The van der Waals surface area contributed by atoms with Crippen LogP contribution in [-0.4, -0.2) is 32.8 Å². The first-order chi connectivity index (χ1) is 8.58. The van der Waals surface area contributed by atoms with Gasteiger partial charge in [0.15, 0.2) is 0 Å². The Bertz CT molecular complexity index is 375. The Kier molecular flexibility index (Phi) is 5.65. The van der Waals surface area contributed by atoms with Crippen LogP contribution in [0.2, 0.25) is 0 Å². The molecular formula is C14H21NO3. The molecule has 0 aromatic heterocycles. The first-order valence-corrected chi connectivity index (χ1v) is 5.98. The smallest absolute Gasteiger partial charge is 0.328 e. The standard InChI is InChI=1S/C14H21NO3/c1-10-5-7-12(8-6-10)15-13(14(16)18-4)11(2)9-17-3/h5-8,11,13,15H,9H2,1-4H3. The molecule has 0 heterocycles. The summed E-state index contributed by atoms with van der Waals surface area (Å²) >= 11 is 0. The van der Waals surface area contributed by atoms with Gasteiger partial charge >= 0.3 is 5.97 Å². The minimum atomic E-state index is -0.405. The molecule has 18 heavy (non-hydrogen) atoms. The zero-order valence-electron chi connectivity index (χ0n) is 11.4. The zero-order chi connectivity index (χ0) is 13.5. The molecule has 1 rings (SSSR count). The van der Waals surface area contributed by atoms with Crippen molar-refractivity contribution < 1.29 is 14.3 Å². The van der Waals surface area contributed by atoms with Gasteiger partial charge in [-0.2, -0.15) is 0 Å². The van der Waals surface area contributed by atoms with Gasteiger partial charge in [-0.25, -0.2) is 4.79 Å². The highest BCUT2D eigenvalue weighted by molar-refractivity contribution is 5.79. The lowest BCUT2D eigenvalue weighted by Crippen LogP contribution is -2.38. The summed E-state index contributed by atoms with van der Waals surface area (Å²) < 4.78 is 9.91. The number of anilines is 1. The van der Waals surface area contributed by atoms with Gasteiger partial charge in [0.2, 0.25) is 0 Å². The number of ether oxygens (including phenoxy) is 2. The molecule has 1 aromatic rings. The Morgan fingerprint density at radius 2 is 1.89 bits per heavy atom. The second kappa shape index (κ2) is 7.01. The van der Waals surface area contributed by atoms with Crippen LogP contribution in [0.1, 0.15) is 12.5 Å². The number of methoxy groups -OCH3 is 2. The summed E-state index contributed by atoms with van der Waals surface area (Å²) in [5, 5.41) is 3.19. The highest BCUT2D eigenvalue weighted by atomic mass is 16.5. The summed E-state index contributed by atoms with van der Waals surface area (Å²) in [6.45, 7) is 4.47. The molecule has 0 saturated carbocycles. The maximum absolute atomic E-state index is 11.8. The molecule has 4 nitrogen and oxygen atoms in total. The molecule has 2 atom stereocenters. The lowest BCUT2D eigenvalue weighted by atomic mass is 10.0. The number of aryl methyl sites for hydroxylation is 1. The molecule has 0 aliphatic carbocycles. The summed E-state index contributed by atoms with van der Waals surface area (Å²) in [6, 6.07) is 7.49. The van der Waals surface area contributed by atoms with Crippen molar-refractivity contribution in [2.45, 2.75) is 19.9 Å². The van der Waals surface area contributed by atoms with Crippen LogP contribution in [0.4, 0.5) is 5.69 Å². The Hall–Kier alpha value is -1.55. The van der Waals surface area contributed by atoms with Crippen LogP contribution < -0.4 is 5.32 Å². The SMILES string of the molecule is COCC(C)C(Nc1ccc(C)cc1)C(=O)OC. The molecule has 0 fully saturated rings. The minimum absolute atomic E-state index is 0.0313. The van der Waals surface area contributed by atoms with Gasteiger partial charge in [-0.3, -0.25) is 0 Å². The van der Waals surface area contributed by atoms with Crippen molar-refractivity contribution in [3.8, 4) is 0 Å². The minimum Gasteiger partial charge on any atom is -0.467 e. The molecule has 0 amide bonds. The Morgan fingerprint density at radius 1 is 1.28 bits per heavy atom.